The summed E-state index contributed by atoms with van der Waals surface area (Å²) in [5.74, 6) is 0.440. The van der Waals surface area contributed by atoms with E-state index >= 15 is 0 Å². The first kappa shape index (κ1) is 16.4. The van der Waals surface area contributed by atoms with Gasteiger partial charge in [-0.2, -0.15) is 0 Å². The summed E-state index contributed by atoms with van der Waals surface area (Å²) in [6.07, 6.45) is 0. The molecule has 0 fully saturated rings. The average molecular weight is 318 g/mol. The summed E-state index contributed by atoms with van der Waals surface area (Å²) in [6, 6.07) is 16.7. The summed E-state index contributed by atoms with van der Waals surface area (Å²) in [4.78, 5) is 12.5. The highest BCUT2D eigenvalue weighted by Gasteiger charge is 2.31. The lowest BCUT2D eigenvalue weighted by Gasteiger charge is -2.27. The number of benzene rings is 2. The average Bonchev–Trinajstić information content (AvgIpc) is 2.50. The van der Waals surface area contributed by atoms with E-state index in [0.29, 0.717) is 10.8 Å². The minimum absolute atomic E-state index is 0.0817. The summed E-state index contributed by atoms with van der Waals surface area (Å²) in [5, 5.41) is 3.61. The van der Waals surface area contributed by atoms with Crippen LogP contribution in [-0.4, -0.2) is 11.5 Å². The smallest absolute Gasteiger partial charge is 0.264 e. The number of carbonyl (C=O) groups excluding carboxylic acids is 1. The molecule has 0 radical (unpaired) electrons. The second-order valence-corrected chi connectivity index (χ2v) is 6.11. The van der Waals surface area contributed by atoms with Crippen LogP contribution in [0.4, 0.5) is 0 Å². The number of carbonyl (C=O) groups is 1. The fourth-order valence-electron chi connectivity index (χ4n) is 2.04. The molecule has 2 rings (SSSR count). The van der Waals surface area contributed by atoms with E-state index < -0.39 is 5.60 Å². The molecule has 1 atom stereocenters. The first-order chi connectivity index (χ1) is 10.4. The van der Waals surface area contributed by atoms with Crippen LogP contribution in [0.25, 0.3) is 0 Å². The second kappa shape index (κ2) is 6.84. The van der Waals surface area contributed by atoms with E-state index in [0.717, 1.165) is 5.56 Å². The van der Waals surface area contributed by atoms with Crippen molar-refractivity contribution in [2.75, 3.05) is 0 Å². The predicted molar refractivity (Wildman–Crippen MR) is 89.2 cm³/mol. The summed E-state index contributed by atoms with van der Waals surface area (Å²) >= 11 is 5.85. The van der Waals surface area contributed by atoms with Crippen LogP contribution in [0.1, 0.15) is 32.4 Å². The van der Waals surface area contributed by atoms with Crippen molar-refractivity contribution in [1.29, 1.82) is 0 Å². The molecule has 1 N–H and O–H groups in total. The molecule has 1 amide bonds. The Kier molecular flexibility index (Phi) is 5.09. The maximum absolute atomic E-state index is 12.5. The highest BCUT2D eigenvalue weighted by molar-refractivity contribution is 6.30. The minimum atomic E-state index is -0.975. The normalized spacial score (nSPS) is 12.5. The summed E-state index contributed by atoms with van der Waals surface area (Å²) < 4.78 is 5.78. The number of rotatable bonds is 5. The number of amides is 1. The molecule has 0 aliphatic heterocycles. The molecule has 22 heavy (non-hydrogen) atoms. The van der Waals surface area contributed by atoms with E-state index in [-0.39, 0.29) is 11.9 Å². The number of hydrogen-bond acceptors (Lipinski definition) is 2. The Labute approximate surface area is 136 Å². The highest BCUT2D eigenvalue weighted by Crippen LogP contribution is 2.22. The lowest BCUT2D eigenvalue weighted by Crippen LogP contribution is -2.47. The first-order valence-corrected chi connectivity index (χ1v) is 7.57. The van der Waals surface area contributed by atoms with E-state index in [1.54, 1.807) is 38.1 Å². The topological polar surface area (TPSA) is 38.3 Å². The zero-order valence-corrected chi connectivity index (χ0v) is 13.7. The molecule has 2 aromatic rings. The van der Waals surface area contributed by atoms with Gasteiger partial charge in [0.2, 0.25) is 0 Å². The van der Waals surface area contributed by atoms with Gasteiger partial charge in [-0.25, -0.2) is 0 Å². The van der Waals surface area contributed by atoms with Crippen molar-refractivity contribution in [2.45, 2.75) is 32.4 Å². The fourth-order valence-corrected chi connectivity index (χ4v) is 2.17. The van der Waals surface area contributed by atoms with Crippen molar-refractivity contribution < 1.29 is 9.53 Å². The van der Waals surface area contributed by atoms with Gasteiger partial charge in [0.1, 0.15) is 5.75 Å². The number of ether oxygens (including phenoxy) is 1. The molecule has 0 aromatic heterocycles. The van der Waals surface area contributed by atoms with Crippen molar-refractivity contribution in [3.63, 3.8) is 0 Å². The van der Waals surface area contributed by atoms with Crippen molar-refractivity contribution in [1.82, 2.24) is 5.32 Å². The van der Waals surface area contributed by atoms with Crippen LogP contribution in [0.3, 0.4) is 0 Å². The summed E-state index contributed by atoms with van der Waals surface area (Å²) in [5.41, 5.74) is 0.0785. The van der Waals surface area contributed by atoms with Crippen LogP contribution in [0, 0.1) is 0 Å². The third-order valence-corrected chi connectivity index (χ3v) is 3.63. The Morgan fingerprint density at radius 2 is 1.68 bits per heavy atom. The van der Waals surface area contributed by atoms with E-state index in [4.69, 9.17) is 16.3 Å². The van der Waals surface area contributed by atoms with Crippen LogP contribution in [0.5, 0.6) is 5.75 Å². The third kappa shape index (κ3) is 4.25. The number of halogens is 1. The quantitative estimate of drug-likeness (QED) is 0.889. The monoisotopic (exact) mass is 317 g/mol. The van der Waals surface area contributed by atoms with E-state index in [1.165, 1.54) is 0 Å². The molecule has 0 aliphatic rings. The lowest BCUT2D eigenvalue weighted by atomic mass is 10.1. The van der Waals surface area contributed by atoms with Gasteiger partial charge in [0.25, 0.3) is 5.91 Å². The third-order valence-electron chi connectivity index (χ3n) is 3.38. The molecule has 0 saturated carbocycles. The molecule has 0 aliphatic carbocycles. The van der Waals surface area contributed by atoms with Crippen molar-refractivity contribution in [3.05, 3.63) is 65.2 Å². The van der Waals surface area contributed by atoms with Gasteiger partial charge in [-0.05, 0) is 50.6 Å². The van der Waals surface area contributed by atoms with Crippen LogP contribution >= 0.6 is 11.6 Å². The fraction of sp³-hybridized carbons (Fsp3) is 0.278. The van der Waals surface area contributed by atoms with Gasteiger partial charge < -0.3 is 10.1 Å². The van der Waals surface area contributed by atoms with Crippen molar-refractivity contribution in [3.8, 4) is 5.75 Å². The minimum Gasteiger partial charge on any atom is -0.478 e. The van der Waals surface area contributed by atoms with Crippen molar-refractivity contribution >= 4 is 17.5 Å². The zero-order chi connectivity index (χ0) is 16.2. The molecular formula is C18H20ClNO2. The largest absolute Gasteiger partial charge is 0.478 e. The van der Waals surface area contributed by atoms with Crippen LogP contribution in [0.2, 0.25) is 5.02 Å². The van der Waals surface area contributed by atoms with E-state index in [9.17, 15) is 4.79 Å². The van der Waals surface area contributed by atoms with E-state index in [1.807, 2.05) is 37.3 Å². The molecule has 1 unspecified atom stereocenters. The molecule has 116 valence electrons. The van der Waals surface area contributed by atoms with Crippen LogP contribution in [-0.2, 0) is 4.79 Å². The molecule has 0 spiro atoms. The molecule has 0 bridgehead atoms. The van der Waals surface area contributed by atoms with Gasteiger partial charge in [0.05, 0.1) is 6.04 Å². The Morgan fingerprint density at radius 1 is 1.09 bits per heavy atom. The molecular weight excluding hydrogens is 298 g/mol. The predicted octanol–water partition coefficient (Wildman–Crippen LogP) is 4.37. The Hall–Kier alpha value is -2.00. The van der Waals surface area contributed by atoms with Gasteiger partial charge in [-0.15, -0.1) is 0 Å². The maximum Gasteiger partial charge on any atom is 0.264 e. The zero-order valence-electron chi connectivity index (χ0n) is 13.0. The molecule has 4 heteroatoms. The summed E-state index contributed by atoms with van der Waals surface area (Å²) in [6.45, 7) is 5.44. The molecule has 0 saturated heterocycles. The standard InChI is InChI=1S/C18H20ClNO2/c1-13(14-7-5-4-6-8-14)20-17(21)18(2,3)22-16-11-9-15(19)10-12-16/h4-13H,1-3H3,(H,20,21). The van der Waals surface area contributed by atoms with Crippen LogP contribution < -0.4 is 10.1 Å². The number of nitrogens with one attached hydrogen (secondary N) is 1. The molecule has 3 nitrogen and oxygen atoms in total. The van der Waals surface area contributed by atoms with E-state index in [2.05, 4.69) is 5.32 Å². The molecule has 0 heterocycles. The second-order valence-electron chi connectivity index (χ2n) is 5.67. The molecule has 2 aromatic carbocycles. The SMILES string of the molecule is CC(NC(=O)C(C)(C)Oc1ccc(Cl)cc1)c1ccccc1. The Morgan fingerprint density at radius 3 is 2.27 bits per heavy atom. The Bertz CT molecular complexity index is 623. The first-order valence-electron chi connectivity index (χ1n) is 7.19. The van der Waals surface area contributed by atoms with Gasteiger partial charge in [0.15, 0.2) is 5.60 Å². The van der Waals surface area contributed by atoms with Gasteiger partial charge >= 0.3 is 0 Å². The van der Waals surface area contributed by atoms with Gasteiger partial charge in [-0.1, -0.05) is 41.9 Å². The van der Waals surface area contributed by atoms with Gasteiger partial charge in [0, 0.05) is 5.02 Å². The maximum atomic E-state index is 12.5. The summed E-state index contributed by atoms with van der Waals surface area (Å²) in [7, 11) is 0. The highest BCUT2D eigenvalue weighted by atomic mass is 35.5. The van der Waals surface area contributed by atoms with Crippen LogP contribution in [0.15, 0.2) is 54.6 Å². The lowest BCUT2D eigenvalue weighted by molar-refractivity contribution is -0.134. The van der Waals surface area contributed by atoms with Gasteiger partial charge in [-0.3, -0.25) is 4.79 Å². The number of hydrogen-bond donors (Lipinski definition) is 1. The Balaban J connectivity index is 2.02. The van der Waals surface area contributed by atoms with Crippen molar-refractivity contribution in [2.24, 2.45) is 0 Å².